The molecule has 0 saturated carbocycles. The number of hydrazone groups is 1. The summed E-state index contributed by atoms with van der Waals surface area (Å²) in [5.41, 5.74) is 2.58. The van der Waals surface area contributed by atoms with Crippen LogP contribution in [-0.4, -0.2) is 24.2 Å². The van der Waals surface area contributed by atoms with E-state index in [9.17, 15) is 23.3 Å². The Kier molecular flexibility index (Phi) is 5.32. The standard InChI is InChI=1S/C18H13N3O6S/c22-17(16-7-4-12-27-16)18(28(25,26)15-5-2-1-3-6-15)20-19-13-8-10-14(11-9-13)21(23)24/h1-12,19H/b20-18+. The van der Waals surface area contributed by atoms with Gasteiger partial charge in [0.15, 0.2) is 5.76 Å². The maximum absolute atomic E-state index is 12.9. The molecule has 0 radical (unpaired) electrons. The van der Waals surface area contributed by atoms with Gasteiger partial charge in [-0.25, -0.2) is 8.42 Å². The van der Waals surface area contributed by atoms with Crippen LogP contribution in [0, 0.1) is 10.1 Å². The molecule has 1 N–H and O–H groups in total. The third kappa shape index (κ3) is 3.96. The Morgan fingerprint density at radius 1 is 1.00 bits per heavy atom. The molecular formula is C18H13N3O6S. The van der Waals surface area contributed by atoms with E-state index in [2.05, 4.69) is 10.5 Å². The number of nitro groups is 1. The van der Waals surface area contributed by atoms with E-state index < -0.39 is 25.6 Å². The van der Waals surface area contributed by atoms with E-state index in [1.807, 2.05) is 0 Å². The van der Waals surface area contributed by atoms with Crippen molar-refractivity contribution < 1.29 is 22.6 Å². The predicted octanol–water partition coefficient (Wildman–Crippen LogP) is 3.27. The van der Waals surface area contributed by atoms with Crippen LogP contribution in [0.5, 0.6) is 0 Å². The van der Waals surface area contributed by atoms with Gasteiger partial charge in [0, 0.05) is 12.1 Å². The van der Waals surface area contributed by atoms with Crippen LogP contribution in [0.2, 0.25) is 0 Å². The fourth-order valence-electron chi connectivity index (χ4n) is 2.23. The first-order chi connectivity index (χ1) is 13.4. The van der Waals surface area contributed by atoms with Crippen molar-refractivity contribution in [2.24, 2.45) is 5.10 Å². The fraction of sp³-hybridized carbons (Fsp3) is 0. The van der Waals surface area contributed by atoms with Gasteiger partial charge in [-0.05, 0) is 36.4 Å². The number of ketones is 1. The molecule has 0 aliphatic carbocycles. The number of carbonyl (C=O) groups excluding carboxylic acids is 1. The summed E-state index contributed by atoms with van der Waals surface area (Å²) in [5, 5.41) is 13.7. The third-order valence-corrected chi connectivity index (χ3v) is 5.29. The van der Waals surface area contributed by atoms with E-state index in [-0.39, 0.29) is 22.0 Å². The lowest BCUT2D eigenvalue weighted by Crippen LogP contribution is -2.26. The Balaban J connectivity index is 2.00. The fourth-order valence-corrected chi connectivity index (χ4v) is 3.48. The van der Waals surface area contributed by atoms with E-state index in [4.69, 9.17) is 4.42 Å². The van der Waals surface area contributed by atoms with Crippen LogP contribution in [0.3, 0.4) is 0 Å². The highest BCUT2D eigenvalue weighted by Gasteiger charge is 2.31. The van der Waals surface area contributed by atoms with Gasteiger partial charge in [0.05, 0.1) is 21.8 Å². The first-order valence-corrected chi connectivity index (χ1v) is 9.34. The molecule has 0 aliphatic heterocycles. The second-order valence-electron chi connectivity index (χ2n) is 5.46. The minimum atomic E-state index is -4.25. The molecule has 0 bridgehead atoms. The summed E-state index contributed by atoms with van der Waals surface area (Å²) >= 11 is 0. The zero-order valence-corrected chi connectivity index (χ0v) is 15.0. The van der Waals surface area contributed by atoms with Gasteiger partial charge >= 0.3 is 0 Å². The normalized spacial score (nSPS) is 11.8. The Bertz CT molecular complexity index is 1120. The molecule has 142 valence electrons. The van der Waals surface area contributed by atoms with Crippen molar-refractivity contribution in [3.05, 3.63) is 88.9 Å². The lowest BCUT2D eigenvalue weighted by molar-refractivity contribution is -0.384. The number of hydrogen-bond acceptors (Lipinski definition) is 8. The number of furan rings is 1. The van der Waals surface area contributed by atoms with Crippen molar-refractivity contribution in [3.8, 4) is 0 Å². The molecule has 0 fully saturated rings. The molecule has 0 atom stereocenters. The Labute approximate surface area is 159 Å². The maximum atomic E-state index is 12.9. The summed E-state index contributed by atoms with van der Waals surface area (Å²) in [6.07, 6.45) is 1.24. The molecule has 0 unspecified atom stereocenters. The number of nitro benzene ring substituents is 1. The van der Waals surface area contributed by atoms with Crippen molar-refractivity contribution >= 4 is 32.0 Å². The SMILES string of the molecule is O=C(/C(=N\Nc1ccc([N+](=O)[O-])cc1)S(=O)(=O)c1ccccc1)c1ccco1. The van der Waals surface area contributed by atoms with Crippen LogP contribution in [0.4, 0.5) is 11.4 Å². The highest BCUT2D eigenvalue weighted by molar-refractivity contribution is 8.08. The Morgan fingerprint density at radius 2 is 1.68 bits per heavy atom. The number of non-ortho nitro benzene ring substituents is 1. The van der Waals surface area contributed by atoms with Crippen LogP contribution >= 0.6 is 0 Å². The average molecular weight is 399 g/mol. The summed E-state index contributed by atoms with van der Waals surface area (Å²) in [6.45, 7) is 0. The molecule has 0 aliphatic rings. The number of nitrogens with zero attached hydrogens (tertiary/aromatic N) is 2. The molecule has 28 heavy (non-hydrogen) atoms. The molecule has 1 aromatic heterocycles. The van der Waals surface area contributed by atoms with Crippen molar-refractivity contribution in [1.29, 1.82) is 0 Å². The van der Waals surface area contributed by atoms with E-state index in [0.29, 0.717) is 0 Å². The largest absolute Gasteiger partial charge is 0.461 e. The lowest BCUT2D eigenvalue weighted by atomic mass is 10.3. The number of hydrogen-bond donors (Lipinski definition) is 1. The van der Waals surface area contributed by atoms with Gasteiger partial charge in [0.2, 0.25) is 14.9 Å². The van der Waals surface area contributed by atoms with Crippen LogP contribution in [0.25, 0.3) is 0 Å². The number of anilines is 1. The number of carbonyl (C=O) groups is 1. The highest BCUT2D eigenvalue weighted by Crippen LogP contribution is 2.18. The van der Waals surface area contributed by atoms with Gasteiger partial charge in [-0.15, -0.1) is 0 Å². The van der Waals surface area contributed by atoms with Crippen LogP contribution in [0.1, 0.15) is 10.6 Å². The van der Waals surface area contributed by atoms with E-state index in [1.54, 1.807) is 6.07 Å². The van der Waals surface area contributed by atoms with Crippen molar-refractivity contribution in [2.75, 3.05) is 5.43 Å². The van der Waals surface area contributed by atoms with E-state index >= 15 is 0 Å². The summed E-state index contributed by atoms with van der Waals surface area (Å²) in [5.74, 6) is -1.12. The Morgan fingerprint density at radius 3 is 2.25 bits per heavy atom. The van der Waals surface area contributed by atoms with E-state index in [1.165, 1.54) is 66.9 Å². The molecule has 0 amide bonds. The molecule has 0 saturated heterocycles. The zero-order chi connectivity index (χ0) is 20.1. The molecule has 9 nitrogen and oxygen atoms in total. The monoisotopic (exact) mass is 399 g/mol. The summed E-state index contributed by atoms with van der Waals surface area (Å²) in [7, 11) is -4.25. The number of sulfone groups is 1. The first-order valence-electron chi connectivity index (χ1n) is 7.86. The van der Waals surface area contributed by atoms with Crippen LogP contribution in [0.15, 0.2) is 87.4 Å². The molecule has 0 spiro atoms. The minimum absolute atomic E-state index is 0.112. The second-order valence-corrected chi connectivity index (χ2v) is 7.32. The molecular weight excluding hydrogens is 386 g/mol. The smallest absolute Gasteiger partial charge is 0.269 e. The Hall–Kier alpha value is -3.79. The minimum Gasteiger partial charge on any atom is -0.461 e. The topological polar surface area (TPSA) is 132 Å². The number of nitrogens with one attached hydrogen (secondary N) is 1. The van der Waals surface area contributed by atoms with Gasteiger partial charge in [-0.1, -0.05) is 18.2 Å². The van der Waals surface area contributed by atoms with Crippen LogP contribution in [-0.2, 0) is 9.84 Å². The van der Waals surface area contributed by atoms with Crippen molar-refractivity contribution in [3.63, 3.8) is 0 Å². The maximum Gasteiger partial charge on any atom is 0.269 e. The van der Waals surface area contributed by atoms with Crippen molar-refractivity contribution in [1.82, 2.24) is 0 Å². The summed E-state index contributed by atoms with van der Waals surface area (Å²) in [4.78, 5) is 22.7. The molecule has 3 rings (SSSR count). The number of Topliss-reactive ketones (excluding diaryl/α,β-unsaturated/α-hetero) is 1. The number of rotatable bonds is 6. The predicted molar refractivity (Wildman–Crippen MR) is 101 cm³/mol. The van der Waals surface area contributed by atoms with Gasteiger partial charge < -0.3 is 4.42 Å². The van der Waals surface area contributed by atoms with Gasteiger partial charge in [-0.2, -0.15) is 5.10 Å². The number of benzene rings is 2. The summed E-state index contributed by atoms with van der Waals surface area (Å²) < 4.78 is 30.8. The van der Waals surface area contributed by atoms with E-state index in [0.717, 1.165) is 0 Å². The molecule has 1 heterocycles. The molecule has 2 aromatic carbocycles. The van der Waals surface area contributed by atoms with Gasteiger partial charge in [0.1, 0.15) is 0 Å². The zero-order valence-electron chi connectivity index (χ0n) is 14.2. The first kappa shape index (κ1) is 19.0. The highest BCUT2D eigenvalue weighted by atomic mass is 32.2. The van der Waals surface area contributed by atoms with Crippen LogP contribution < -0.4 is 5.43 Å². The lowest BCUT2D eigenvalue weighted by Gasteiger charge is -2.07. The summed E-state index contributed by atoms with van der Waals surface area (Å²) in [6, 6.07) is 15.2. The average Bonchev–Trinajstić information content (AvgIpc) is 3.24. The second kappa shape index (κ2) is 7.84. The molecule has 10 heteroatoms. The quantitative estimate of drug-likeness (QED) is 0.221. The van der Waals surface area contributed by atoms with Gasteiger partial charge in [-0.3, -0.25) is 20.3 Å². The van der Waals surface area contributed by atoms with Crippen molar-refractivity contribution in [2.45, 2.75) is 4.90 Å². The third-order valence-electron chi connectivity index (χ3n) is 3.61. The van der Waals surface area contributed by atoms with Gasteiger partial charge in [0.25, 0.3) is 11.5 Å². The molecule has 3 aromatic rings.